The smallest absolute Gasteiger partial charge is 0.272 e. The van der Waals surface area contributed by atoms with E-state index in [-0.39, 0.29) is 16.9 Å². The number of nitro benzene ring substituents is 1. The second-order valence-corrected chi connectivity index (χ2v) is 4.80. The number of hydrogen-bond donors (Lipinski definition) is 1. The third-order valence-electron chi connectivity index (χ3n) is 2.17. The van der Waals surface area contributed by atoms with Crippen molar-refractivity contribution < 1.29 is 14.1 Å². The molecule has 0 fully saturated rings. The van der Waals surface area contributed by atoms with Gasteiger partial charge in [0.05, 0.1) is 17.6 Å². The molecule has 6 heteroatoms. The first-order valence-electron chi connectivity index (χ1n) is 5.03. The molecular formula is C11H14FNO3S. The van der Waals surface area contributed by atoms with Crippen LogP contribution in [0.3, 0.4) is 0 Å². The van der Waals surface area contributed by atoms with E-state index in [1.165, 1.54) is 12.1 Å². The van der Waals surface area contributed by atoms with Gasteiger partial charge in [0.1, 0.15) is 0 Å². The number of thiol groups is 1. The Morgan fingerprint density at radius 3 is 2.65 bits per heavy atom. The molecule has 0 amide bonds. The van der Waals surface area contributed by atoms with Crippen LogP contribution in [-0.2, 0) is 0 Å². The van der Waals surface area contributed by atoms with Crippen molar-refractivity contribution in [3.8, 4) is 5.75 Å². The molecule has 0 atom stereocenters. The van der Waals surface area contributed by atoms with Crippen LogP contribution in [0.1, 0.15) is 13.8 Å². The lowest BCUT2D eigenvalue weighted by atomic mass is 9.98. The van der Waals surface area contributed by atoms with E-state index in [1.54, 1.807) is 0 Å². The zero-order chi connectivity index (χ0) is 13.1. The first-order chi connectivity index (χ1) is 7.85. The molecule has 94 valence electrons. The van der Waals surface area contributed by atoms with Gasteiger partial charge < -0.3 is 4.74 Å². The minimum atomic E-state index is -0.728. The summed E-state index contributed by atoms with van der Waals surface area (Å²) >= 11 is 4.15. The quantitative estimate of drug-likeness (QED) is 0.502. The summed E-state index contributed by atoms with van der Waals surface area (Å²) in [6.45, 7) is 4.16. The normalized spacial score (nSPS) is 11.3. The van der Waals surface area contributed by atoms with E-state index in [0.29, 0.717) is 12.4 Å². The van der Waals surface area contributed by atoms with Crippen LogP contribution in [0.25, 0.3) is 0 Å². The molecule has 0 bridgehead atoms. The first-order valence-corrected chi connectivity index (χ1v) is 5.66. The van der Waals surface area contributed by atoms with Crippen LogP contribution in [-0.4, -0.2) is 17.3 Å². The zero-order valence-electron chi connectivity index (χ0n) is 9.64. The number of halogens is 1. The lowest BCUT2D eigenvalue weighted by Crippen LogP contribution is -2.23. The number of nitro groups is 1. The summed E-state index contributed by atoms with van der Waals surface area (Å²) in [5, 5.41) is 10.4. The molecule has 0 N–H and O–H groups in total. The molecule has 0 aromatic heterocycles. The fourth-order valence-corrected chi connectivity index (χ4v) is 1.13. The summed E-state index contributed by atoms with van der Waals surface area (Å²) in [5.74, 6) is -0.110. The highest BCUT2D eigenvalue weighted by atomic mass is 32.1. The Labute approximate surface area is 104 Å². The van der Waals surface area contributed by atoms with Gasteiger partial charge in [-0.15, -0.1) is 0 Å². The summed E-state index contributed by atoms with van der Waals surface area (Å²) in [7, 11) is 0. The summed E-state index contributed by atoms with van der Waals surface area (Å²) in [5.41, 5.74) is -0.472. The van der Waals surface area contributed by atoms with E-state index < -0.39 is 10.7 Å². The van der Waals surface area contributed by atoms with Crippen LogP contribution >= 0.6 is 12.6 Å². The predicted octanol–water partition coefficient (Wildman–Crippen LogP) is 3.07. The van der Waals surface area contributed by atoms with Crippen molar-refractivity contribution in [1.29, 1.82) is 0 Å². The molecular weight excluding hydrogens is 245 g/mol. The van der Waals surface area contributed by atoms with Crippen molar-refractivity contribution in [2.75, 3.05) is 12.4 Å². The minimum absolute atomic E-state index is 0.0189. The molecule has 0 heterocycles. The Kier molecular flexibility index (Phi) is 4.34. The van der Waals surface area contributed by atoms with E-state index in [9.17, 15) is 14.5 Å². The highest BCUT2D eigenvalue weighted by Gasteiger charge is 2.18. The lowest BCUT2D eigenvalue weighted by molar-refractivity contribution is -0.385. The Morgan fingerprint density at radius 2 is 2.18 bits per heavy atom. The van der Waals surface area contributed by atoms with Crippen LogP contribution in [0, 0.1) is 21.3 Å². The zero-order valence-corrected chi connectivity index (χ0v) is 10.5. The lowest BCUT2D eigenvalue weighted by Gasteiger charge is -2.22. The van der Waals surface area contributed by atoms with Crippen molar-refractivity contribution in [3.63, 3.8) is 0 Å². The molecule has 0 aliphatic carbocycles. The third-order valence-corrected chi connectivity index (χ3v) is 3.03. The van der Waals surface area contributed by atoms with Crippen LogP contribution in [0.2, 0.25) is 0 Å². The van der Waals surface area contributed by atoms with Crippen LogP contribution in [0.4, 0.5) is 10.1 Å². The molecule has 17 heavy (non-hydrogen) atoms. The number of hydrogen-bond acceptors (Lipinski definition) is 4. The second kappa shape index (κ2) is 5.35. The largest absolute Gasteiger partial charge is 0.490 e. The highest BCUT2D eigenvalue weighted by molar-refractivity contribution is 7.80. The summed E-state index contributed by atoms with van der Waals surface area (Å²) < 4.78 is 18.7. The first kappa shape index (κ1) is 13.8. The predicted molar refractivity (Wildman–Crippen MR) is 66.2 cm³/mol. The number of rotatable bonds is 5. The van der Waals surface area contributed by atoms with Crippen molar-refractivity contribution in [2.24, 2.45) is 5.41 Å². The van der Waals surface area contributed by atoms with Gasteiger partial charge in [-0.25, -0.2) is 4.39 Å². The Hall–Kier alpha value is -1.30. The standard InChI is InChI=1S/C11H14FNO3S/c1-11(2,7-17)6-16-10-4-3-8(13(14)15)5-9(10)12/h3-5,17H,6-7H2,1-2H3. The molecule has 0 spiro atoms. The van der Waals surface area contributed by atoms with E-state index >= 15 is 0 Å². The van der Waals surface area contributed by atoms with Crippen molar-refractivity contribution in [2.45, 2.75) is 13.8 Å². The molecule has 0 aliphatic rings. The maximum Gasteiger partial charge on any atom is 0.272 e. The molecule has 0 radical (unpaired) electrons. The fourth-order valence-electron chi connectivity index (χ4n) is 1.04. The van der Waals surface area contributed by atoms with Crippen molar-refractivity contribution >= 4 is 18.3 Å². The molecule has 1 aromatic carbocycles. The van der Waals surface area contributed by atoms with Gasteiger partial charge in [0.15, 0.2) is 11.6 Å². The van der Waals surface area contributed by atoms with Crippen molar-refractivity contribution in [3.05, 3.63) is 34.1 Å². The molecule has 0 saturated carbocycles. The number of nitrogens with zero attached hydrogens (tertiary/aromatic N) is 1. The minimum Gasteiger partial charge on any atom is -0.490 e. The summed E-state index contributed by atoms with van der Waals surface area (Å²) in [6.07, 6.45) is 0. The van der Waals surface area contributed by atoms with Gasteiger partial charge in [0.25, 0.3) is 5.69 Å². The molecule has 0 saturated heterocycles. The topological polar surface area (TPSA) is 52.4 Å². The third kappa shape index (κ3) is 3.89. The van der Waals surface area contributed by atoms with Crippen LogP contribution in [0.15, 0.2) is 18.2 Å². The molecule has 0 aliphatic heterocycles. The second-order valence-electron chi connectivity index (χ2n) is 4.48. The average Bonchev–Trinajstić information content (AvgIpc) is 2.27. The number of ether oxygens (including phenoxy) is 1. The maximum atomic E-state index is 13.4. The van der Waals surface area contributed by atoms with E-state index in [0.717, 1.165) is 6.07 Å². The molecule has 1 aromatic rings. The summed E-state index contributed by atoms with van der Waals surface area (Å²) in [4.78, 5) is 9.77. The van der Waals surface area contributed by atoms with Gasteiger partial charge in [0.2, 0.25) is 0 Å². The van der Waals surface area contributed by atoms with Gasteiger partial charge in [-0.1, -0.05) is 13.8 Å². The monoisotopic (exact) mass is 259 g/mol. The van der Waals surface area contributed by atoms with E-state index in [1.807, 2.05) is 13.8 Å². The SMILES string of the molecule is CC(C)(CS)COc1ccc([N+](=O)[O-])cc1F. The molecule has 1 rings (SSSR count). The van der Waals surface area contributed by atoms with Crippen LogP contribution in [0.5, 0.6) is 5.75 Å². The maximum absolute atomic E-state index is 13.4. The fraction of sp³-hybridized carbons (Fsp3) is 0.455. The Balaban J connectivity index is 2.77. The highest BCUT2D eigenvalue weighted by Crippen LogP contribution is 2.25. The summed E-state index contributed by atoms with van der Waals surface area (Å²) in [6, 6.07) is 3.33. The van der Waals surface area contributed by atoms with Gasteiger partial charge in [0, 0.05) is 11.5 Å². The Bertz CT molecular complexity index is 423. The van der Waals surface area contributed by atoms with Gasteiger partial charge in [-0.2, -0.15) is 12.6 Å². The van der Waals surface area contributed by atoms with E-state index in [4.69, 9.17) is 4.74 Å². The van der Waals surface area contributed by atoms with E-state index in [2.05, 4.69) is 12.6 Å². The van der Waals surface area contributed by atoms with Gasteiger partial charge >= 0.3 is 0 Å². The number of non-ortho nitro benzene ring substituents is 1. The number of benzene rings is 1. The van der Waals surface area contributed by atoms with Gasteiger partial charge in [-0.3, -0.25) is 10.1 Å². The average molecular weight is 259 g/mol. The molecule has 4 nitrogen and oxygen atoms in total. The molecule has 0 unspecified atom stereocenters. The van der Waals surface area contributed by atoms with Crippen molar-refractivity contribution in [1.82, 2.24) is 0 Å². The van der Waals surface area contributed by atoms with Gasteiger partial charge in [-0.05, 0) is 11.8 Å². The van der Waals surface area contributed by atoms with Crippen LogP contribution < -0.4 is 4.74 Å². The Morgan fingerprint density at radius 1 is 1.53 bits per heavy atom.